The molecular formula is C29H30FNO4S. The largest absolute Gasteiger partial charge is 0.487 e. The third-order valence-corrected chi connectivity index (χ3v) is 7.66. The Kier molecular flexibility index (Phi) is 7.21. The van der Waals surface area contributed by atoms with Gasteiger partial charge in [-0.25, -0.2) is 9.18 Å². The highest BCUT2D eigenvalue weighted by Crippen LogP contribution is 2.43. The standard InChI is InChI=1S/C29H30FNO4S/c1-29(18-34-19-29)17-31(36-25-8-4-7-24(30)15-25)26-13-22-5-3-6-23(22)14-27(26)35-16-20-9-11-21(12-10-20)28(32)33-2/h4,7-15H,3,5-6,16-19H2,1-2H3. The van der Waals surface area contributed by atoms with Crippen LogP contribution in [0.5, 0.6) is 5.75 Å². The van der Waals surface area contributed by atoms with Gasteiger partial charge in [0.25, 0.3) is 0 Å². The fourth-order valence-corrected chi connectivity index (χ4v) is 5.80. The number of hydrogen-bond acceptors (Lipinski definition) is 6. The number of hydrogen-bond donors (Lipinski definition) is 0. The Morgan fingerprint density at radius 2 is 1.83 bits per heavy atom. The zero-order valence-corrected chi connectivity index (χ0v) is 21.4. The van der Waals surface area contributed by atoms with E-state index in [1.807, 2.05) is 18.2 Å². The molecule has 1 heterocycles. The average Bonchev–Trinajstić information content (AvgIpc) is 3.33. The van der Waals surface area contributed by atoms with E-state index in [1.165, 1.54) is 36.3 Å². The second-order valence-electron chi connectivity index (χ2n) is 9.81. The molecule has 36 heavy (non-hydrogen) atoms. The predicted molar refractivity (Wildman–Crippen MR) is 139 cm³/mol. The Morgan fingerprint density at radius 3 is 2.50 bits per heavy atom. The minimum Gasteiger partial charge on any atom is -0.487 e. The number of ether oxygens (including phenoxy) is 3. The van der Waals surface area contributed by atoms with Crippen molar-refractivity contribution in [2.45, 2.75) is 37.7 Å². The second-order valence-corrected chi connectivity index (χ2v) is 10.9. The van der Waals surface area contributed by atoms with Crippen molar-refractivity contribution in [3.63, 3.8) is 0 Å². The van der Waals surface area contributed by atoms with Gasteiger partial charge in [0.05, 0.1) is 31.6 Å². The number of esters is 1. The minimum atomic E-state index is -0.359. The van der Waals surface area contributed by atoms with E-state index in [0.717, 1.165) is 47.7 Å². The van der Waals surface area contributed by atoms with E-state index in [9.17, 15) is 9.18 Å². The van der Waals surface area contributed by atoms with Crippen molar-refractivity contribution in [2.75, 3.05) is 31.2 Å². The Bertz CT molecular complexity index is 1240. The summed E-state index contributed by atoms with van der Waals surface area (Å²) >= 11 is 1.53. The lowest BCUT2D eigenvalue weighted by atomic mass is 9.88. The SMILES string of the molecule is COC(=O)c1ccc(COc2cc3c(cc2N(CC2(C)COC2)Sc2cccc(F)c2)CCC3)cc1. The molecule has 1 aliphatic heterocycles. The van der Waals surface area contributed by atoms with Gasteiger partial charge < -0.3 is 18.5 Å². The molecule has 1 fully saturated rings. The van der Waals surface area contributed by atoms with Gasteiger partial charge in [-0.2, -0.15) is 0 Å². The fraction of sp³-hybridized carbons (Fsp3) is 0.345. The first-order chi connectivity index (χ1) is 17.4. The number of carbonyl (C=O) groups is 1. The molecule has 5 rings (SSSR count). The van der Waals surface area contributed by atoms with Gasteiger partial charge in [0.2, 0.25) is 0 Å². The van der Waals surface area contributed by atoms with E-state index in [2.05, 4.69) is 23.4 Å². The lowest BCUT2D eigenvalue weighted by Gasteiger charge is -2.42. The third kappa shape index (κ3) is 5.52. The lowest BCUT2D eigenvalue weighted by molar-refractivity contribution is -0.0939. The molecule has 7 heteroatoms. The van der Waals surface area contributed by atoms with Crippen molar-refractivity contribution in [3.8, 4) is 5.75 Å². The van der Waals surface area contributed by atoms with Crippen molar-refractivity contribution in [1.29, 1.82) is 0 Å². The first-order valence-corrected chi connectivity index (χ1v) is 12.9. The molecule has 3 aromatic carbocycles. The van der Waals surface area contributed by atoms with E-state index in [1.54, 1.807) is 24.3 Å². The van der Waals surface area contributed by atoms with Gasteiger partial charge in [0.15, 0.2) is 0 Å². The molecule has 3 aromatic rings. The summed E-state index contributed by atoms with van der Waals surface area (Å²) in [4.78, 5) is 12.6. The van der Waals surface area contributed by atoms with Crippen LogP contribution in [0.15, 0.2) is 65.6 Å². The first-order valence-electron chi connectivity index (χ1n) is 12.2. The Hall–Kier alpha value is -3.03. The van der Waals surface area contributed by atoms with Gasteiger partial charge in [-0.05, 0) is 90.4 Å². The summed E-state index contributed by atoms with van der Waals surface area (Å²) < 4.78 is 33.0. The maximum absolute atomic E-state index is 14.0. The van der Waals surface area contributed by atoms with Gasteiger partial charge in [-0.1, -0.05) is 25.1 Å². The maximum Gasteiger partial charge on any atom is 0.337 e. The van der Waals surface area contributed by atoms with Gasteiger partial charge in [-0.3, -0.25) is 0 Å². The molecule has 2 aliphatic rings. The van der Waals surface area contributed by atoms with Crippen LogP contribution >= 0.6 is 11.9 Å². The van der Waals surface area contributed by atoms with Gasteiger partial charge in [-0.15, -0.1) is 0 Å². The summed E-state index contributed by atoms with van der Waals surface area (Å²) in [5.41, 5.74) is 5.14. The summed E-state index contributed by atoms with van der Waals surface area (Å²) in [6, 6.07) is 18.4. The molecule has 0 spiro atoms. The second kappa shape index (κ2) is 10.5. The highest BCUT2D eigenvalue weighted by Gasteiger charge is 2.37. The fourth-order valence-electron chi connectivity index (χ4n) is 4.62. The van der Waals surface area contributed by atoms with Crippen molar-refractivity contribution in [3.05, 3.63) is 88.7 Å². The Labute approximate surface area is 215 Å². The molecule has 0 radical (unpaired) electrons. The first kappa shape index (κ1) is 24.7. The number of fused-ring (bicyclic) bond motifs is 1. The molecule has 0 N–H and O–H groups in total. The van der Waals surface area contributed by atoms with Crippen molar-refractivity contribution < 1.29 is 23.4 Å². The number of methoxy groups -OCH3 is 1. The van der Waals surface area contributed by atoms with E-state index < -0.39 is 0 Å². The van der Waals surface area contributed by atoms with E-state index in [0.29, 0.717) is 25.4 Å². The number of rotatable bonds is 9. The summed E-state index contributed by atoms with van der Waals surface area (Å²) in [6.07, 6.45) is 3.23. The normalized spacial score (nSPS) is 15.6. The van der Waals surface area contributed by atoms with Crippen molar-refractivity contribution in [2.24, 2.45) is 5.41 Å². The summed E-state index contributed by atoms with van der Waals surface area (Å²) in [6.45, 7) is 4.72. The topological polar surface area (TPSA) is 48.0 Å². The maximum atomic E-state index is 14.0. The number of nitrogens with zero attached hydrogens (tertiary/aromatic N) is 1. The van der Waals surface area contributed by atoms with Crippen LogP contribution in [-0.2, 0) is 28.9 Å². The molecule has 0 atom stereocenters. The number of carbonyl (C=O) groups excluding carboxylic acids is 1. The zero-order chi connectivity index (χ0) is 25.1. The van der Waals surface area contributed by atoms with Crippen LogP contribution in [0, 0.1) is 11.2 Å². The smallest absolute Gasteiger partial charge is 0.337 e. The van der Waals surface area contributed by atoms with Crippen LogP contribution in [0.2, 0.25) is 0 Å². The monoisotopic (exact) mass is 507 g/mol. The lowest BCUT2D eigenvalue weighted by Crippen LogP contribution is -2.47. The van der Waals surface area contributed by atoms with Crippen molar-refractivity contribution in [1.82, 2.24) is 0 Å². The molecule has 5 nitrogen and oxygen atoms in total. The van der Waals surface area contributed by atoms with Crippen LogP contribution in [0.25, 0.3) is 0 Å². The number of benzene rings is 3. The molecule has 0 bridgehead atoms. The molecule has 1 aliphatic carbocycles. The molecule has 0 aromatic heterocycles. The quantitative estimate of drug-likeness (QED) is 0.253. The predicted octanol–water partition coefficient (Wildman–Crippen LogP) is 6.23. The third-order valence-electron chi connectivity index (χ3n) is 6.65. The number of aryl methyl sites for hydroxylation is 2. The Balaban J connectivity index is 1.44. The Morgan fingerprint density at radius 1 is 1.08 bits per heavy atom. The molecule has 0 unspecified atom stereocenters. The van der Waals surface area contributed by atoms with Crippen LogP contribution in [-0.4, -0.2) is 32.8 Å². The summed E-state index contributed by atoms with van der Waals surface area (Å²) in [5.74, 6) is 0.196. The van der Waals surface area contributed by atoms with E-state index >= 15 is 0 Å². The molecule has 0 amide bonds. The van der Waals surface area contributed by atoms with Gasteiger partial charge in [0.1, 0.15) is 18.2 Å². The number of halogens is 1. The van der Waals surface area contributed by atoms with Crippen molar-refractivity contribution >= 4 is 23.6 Å². The minimum absolute atomic E-state index is 0.0142. The van der Waals surface area contributed by atoms with E-state index in [4.69, 9.17) is 14.2 Å². The van der Waals surface area contributed by atoms with Gasteiger partial charge in [0, 0.05) is 16.9 Å². The van der Waals surface area contributed by atoms with E-state index in [-0.39, 0.29) is 17.2 Å². The van der Waals surface area contributed by atoms with Crippen LogP contribution in [0.3, 0.4) is 0 Å². The van der Waals surface area contributed by atoms with Crippen LogP contribution < -0.4 is 9.04 Å². The van der Waals surface area contributed by atoms with Crippen LogP contribution in [0.1, 0.15) is 40.4 Å². The van der Waals surface area contributed by atoms with Crippen LogP contribution in [0.4, 0.5) is 10.1 Å². The molecule has 1 saturated heterocycles. The highest BCUT2D eigenvalue weighted by molar-refractivity contribution is 8.00. The summed E-state index contributed by atoms with van der Waals surface area (Å²) in [5, 5.41) is 0. The average molecular weight is 508 g/mol. The summed E-state index contributed by atoms with van der Waals surface area (Å²) in [7, 11) is 1.37. The molecule has 188 valence electrons. The highest BCUT2D eigenvalue weighted by atomic mass is 32.2. The number of anilines is 1. The molecular weight excluding hydrogens is 477 g/mol. The van der Waals surface area contributed by atoms with Gasteiger partial charge >= 0.3 is 5.97 Å². The zero-order valence-electron chi connectivity index (χ0n) is 20.6. The molecule has 0 saturated carbocycles.